The highest BCUT2D eigenvalue weighted by Gasteiger charge is 2.16. The third-order valence-corrected chi connectivity index (χ3v) is 2.17. The van der Waals surface area contributed by atoms with Crippen molar-refractivity contribution in [1.82, 2.24) is 14.9 Å². The first-order valence-corrected chi connectivity index (χ1v) is 4.27. The lowest BCUT2D eigenvalue weighted by Crippen LogP contribution is -2.12. The Balaban J connectivity index is 2.39. The molecule has 2 N–H and O–H groups in total. The summed E-state index contributed by atoms with van der Waals surface area (Å²) in [6, 6.07) is 0. The van der Waals surface area contributed by atoms with Gasteiger partial charge in [-0.25, -0.2) is 9.78 Å². The average Bonchev–Trinajstić information content (AvgIpc) is 2.36. The zero-order chi connectivity index (χ0) is 9.26. The molecule has 1 aromatic rings. The number of carboxylic acids is 1. The molecule has 0 spiro atoms. The number of aromatic carboxylic acids is 1. The Labute approximate surface area is 75.4 Å². The lowest BCUT2D eigenvalue weighted by molar-refractivity contribution is 0.0678. The third kappa shape index (κ3) is 1.42. The normalized spacial score (nSPS) is 16.3. The smallest absolute Gasteiger partial charge is 0.372 e. The van der Waals surface area contributed by atoms with Gasteiger partial charge in [-0.05, 0) is 13.0 Å². The molecule has 5 nitrogen and oxygen atoms in total. The quantitative estimate of drug-likeness (QED) is 0.643. The van der Waals surface area contributed by atoms with Gasteiger partial charge in [0.2, 0.25) is 5.82 Å². The minimum absolute atomic E-state index is 0.152. The molecule has 0 aliphatic carbocycles. The molecule has 1 aliphatic rings. The minimum atomic E-state index is -0.951. The van der Waals surface area contributed by atoms with Crippen molar-refractivity contribution < 1.29 is 9.90 Å². The average molecular weight is 181 g/mol. The zero-order valence-corrected chi connectivity index (χ0v) is 7.16. The fourth-order valence-electron chi connectivity index (χ4n) is 1.55. The molecule has 0 saturated carbocycles. The Morgan fingerprint density at radius 2 is 2.54 bits per heavy atom. The fraction of sp³-hybridized carbons (Fsp3) is 0.500. The molecule has 0 aromatic carbocycles. The van der Waals surface area contributed by atoms with Gasteiger partial charge in [-0.1, -0.05) is 0 Å². The summed E-state index contributed by atoms with van der Waals surface area (Å²) in [5.41, 5.74) is 0.954. The number of nitrogens with zero attached hydrogens (tertiary/aromatic N) is 2. The second kappa shape index (κ2) is 3.18. The van der Waals surface area contributed by atoms with Gasteiger partial charge >= 0.3 is 5.97 Å². The van der Waals surface area contributed by atoms with E-state index < -0.39 is 5.97 Å². The van der Waals surface area contributed by atoms with E-state index in [9.17, 15) is 4.79 Å². The van der Waals surface area contributed by atoms with E-state index in [1.54, 1.807) is 10.8 Å². The van der Waals surface area contributed by atoms with Crippen LogP contribution >= 0.6 is 0 Å². The molecule has 0 bridgehead atoms. The number of aromatic nitrogens is 2. The van der Waals surface area contributed by atoms with Gasteiger partial charge in [0.1, 0.15) is 0 Å². The Bertz CT molecular complexity index is 332. The second-order valence-electron chi connectivity index (χ2n) is 3.06. The van der Waals surface area contributed by atoms with Crippen molar-refractivity contribution in [1.29, 1.82) is 0 Å². The maximum Gasteiger partial charge on any atom is 0.372 e. The summed E-state index contributed by atoms with van der Waals surface area (Å²) in [7, 11) is 0. The Morgan fingerprint density at radius 1 is 1.69 bits per heavy atom. The highest BCUT2D eigenvalue weighted by atomic mass is 16.4. The molecule has 2 heterocycles. The van der Waals surface area contributed by atoms with Gasteiger partial charge in [0.15, 0.2) is 0 Å². The van der Waals surface area contributed by atoms with Crippen molar-refractivity contribution in [3.05, 3.63) is 17.7 Å². The van der Waals surface area contributed by atoms with E-state index in [-0.39, 0.29) is 5.82 Å². The van der Waals surface area contributed by atoms with Crippen molar-refractivity contribution in [3.8, 4) is 0 Å². The number of nitrogens with one attached hydrogen (secondary N) is 1. The first kappa shape index (κ1) is 8.25. The largest absolute Gasteiger partial charge is 0.475 e. The number of carboxylic acid groups (broad SMARTS) is 1. The molecule has 5 heteroatoms. The molecule has 0 unspecified atom stereocenters. The van der Waals surface area contributed by atoms with E-state index in [1.165, 1.54) is 0 Å². The van der Waals surface area contributed by atoms with Gasteiger partial charge in [-0.15, -0.1) is 0 Å². The first-order chi connectivity index (χ1) is 6.29. The second-order valence-corrected chi connectivity index (χ2v) is 3.06. The molecule has 13 heavy (non-hydrogen) atoms. The third-order valence-electron chi connectivity index (χ3n) is 2.17. The van der Waals surface area contributed by atoms with E-state index in [0.29, 0.717) is 6.54 Å². The Morgan fingerprint density at radius 3 is 3.31 bits per heavy atom. The summed E-state index contributed by atoms with van der Waals surface area (Å²) >= 11 is 0. The first-order valence-electron chi connectivity index (χ1n) is 4.27. The fourth-order valence-corrected chi connectivity index (χ4v) is 1.55. The van der Waals surface area contributed by atoms with Crippen LogP contribution in [0.4, 0.5) is 0 Å². The van der Waals surface area contributed by atoms with Gasteiger partial charge in [-0.2, -0.15) is 0 Å². The van der Waals surface area contributed by atoms with Crippen LogP contribution in [-0.4, -0.2) is 27.2 Å². The maximum absolute atomic E-state index is 10.7. The van der Waals surface area contributed by atoms with Gasteiger partial charge in [0.25, 0.3) is 0 Å². The number of rotatable bonds is 1. The maximum atomic E-state index is 10.7. The van der Waals surface area contributed by atoms with Gasteiger partial charge < -0.3 is 15.0 Å². The van der Waals surface area contributed by atoms with Crippen LogP contribution in [0, 0.1) is 0 Å². The molecule has 2 rings (SSSR count). The van der Waals surface area contributed by atoms with E-state index in [4.69, 9.17) is 5.11 Å². The van der Waals surface area contributed by atoms with Crippen LogP contribution in [0.3, 0.4) is 0 Å². The summed E-state index contributed by atoms with van der Waals surface area (Å²) in [4.78, 5) is 14.6. The lowest BCUT2D eigenvalue weighted by atomic mass is 10.4. The molecule has 1 aromatic heterocycles. The SMILES string of the molecule is O=C(O)c1ncc2n1CCCNC2. The van der Waals surface area contributed by atoms with Crippen LogP contribution in [0.25, 0.3) is 0 Å². The number of carbonyl (C=O) groups is 1. The molecule has 1 aliphatic heterocycles. The van der Waals surface area contributed by atoms with Crippen LogP contribution in [0.5, 0.6) is 0 Å². The predicted octanol–water partition coefficient (Wildman–Crippen LogP) is 0.0746. The minimum Gasteiger partial charge on any atom is -0.475 e. The van der Waals surface area contributed by atoms with Gasteiger partial charge in [0.05, 0.1) is 11.9 Å². The van der Waals surface area contributed by atoms with Crippen molar-refractivity contribution in [2.45, 2.75) is 19.5 Å². The zero-order valence-electron chi connectivity index (χ0n) is 7.16. The van der Waals surface area contributed by atoms with E-state index in [0.717, 1.165) is 25.2 Å². The standard InChI is InChI=1S/C8H11N3O2/c12-8(13)7-10-5-6-4-9-2-1-3-11(6)7/h5,9H,1-4H2,(H,12,13). The summed E-state index contributed by atoms with van der Waals surface area (Å²) < 4.78 is 1.77. The van der Waals surface area contributed by atoms with E-state index in [2.05, 4.69) is 10.3 Å². The summed E-state index contributed by atoms with van der Waals surface area (Å²) in [5, 5.41) is 12.0. The van der Waals surface area contributed by atoms with Crippen LogP contribution in [0.2, 0.25) is 0 Å². The predicted molar refractivity (Wildman–Crippen MR) is 45.5 cm³/mol. The Hall–Kier alpha value is -1.36. The number of fused-ring (bicyclic) bond motifs is 1. The lowest BCUT2D eigenvalue weighted by Gasteiger charge is -2.03. The van der Waals surface area contributed by atoms with Crippen molar-refractivity contribution in [2.75, 3.05) is 6.54 Å². The summed E-state index contributed by atoms with van der Waals surface area (Å²) in [6.45, 7) is 2.38. The topological polar surface area (TPSA) is 67.1 Å². The van der Waals surface area contributed by atoms with E-state index in [1.807, 2.05) is 0 Å². The van der Waals surface area contributed by atoms with Crippen LogP contribution in [-0.2, 0) is 13.1 Å². The monoisotopic (exact) mass is 181 g/mol. The van der Waals surface area contributed by atoms with Crippen molar-refractivity contribution in [3.63, 3.8) is 0 Å². The highest BCUT2D eigenvalue weighted by molar-refractivity contribution is 5.83. The van der Waals surface area contributed by atoms with Gasteiger partial charge in [-0.3, -0.25) is 0 Å². The molecule has 0 fully saturated rings. The molecule has 0 atom stereocenters. The molecule has 0 radical (unpaired) electrons. The van der Waals surface area contributed by atoms with Crippen LogP contribution in [0.15, 0.2) is 6.20 Å². The van der Waals surface area contributed by atoms with Crippen LogP contribution in [0.1, 0.15) is 22.7 Å². The van der Waals surface area contributed by atoms with E-state index >= 15 is 0 Å². The molecule has 0 amide bonds. The number of hydrogen-bond acceptors (Lipinski definition) is 3. The molecule has 70 valence electrons. The Kier molecular flexibility index (Phi) is 2.02. The summed E-state index contributed by atoms with van der Waals surface area (Å²) in [6.07, 6.45) is 2.57. The molecular weight excluding hydrogens is 170 g/mol. The van der Waals surface area contributed by atoms with Gasteiger partial charge in [0, 0.05) is 13.1 Å². The highest BCUT2D eigenvalue weighted by Crippen LogP contribution is 2.09. The van der Waals surface area contributed by atoms with Crippen molar-refractivity contribution in [2.24, 2.45) is 0 Å². The molecular formula is C8H11N3O2. The number of hydrogen-bond donors (Lipinski definition) is 2. The van der Waals surface area contributed by atoms with Crippen molar-refractivity contribution >= 4 is 5.97 Å². The summed E-state index contributed by atoms with van der Waals surface area (Å²) in [5.74, 6) is -0.799. The molecule has 0 saturated heterocycles. The van der Waals surface area contributed by atoms with Crippen LogP contribution < -0.4 is 5.32 Å². The number of imidazole rings is 1.